The second-order valence-electron chi connectivity index (χ2n) is 6.42. The van der Waals surface area contributed by atoms with Crippen molar-refractivity contribution in [3.63, 3.8) is 0 Å². The lowest BCUT2D eigenvalue weighted by Crippen LogP contribution is -2.17. The topological polar surface area (TPSA) is 26.3 Å². The third kappa shape index (κ3) is 4.22. The molecule has 0 heterocycles. The Morgan fingerprint density at radius 1 is 1.14 bits per heavy atom. The van der Waals surface area contributed by atoms with E-state index in [1.807, 2.05) is 18.2 Å². The first-order valence-corrected chi connectivity index (χ1v) is 11.0. The van der Waals surface area contributed by atoms with Crippen LogP contribution in [0.3, 0.4) is 0 Å². The van der Waals surface area contributed by atoms with Crippen LogP contribution in [0.1, 0.15) is 17.9 Å². The first kappa shape index (κ1) is 16.3. The summed E-state index contributed by atoms with van der Waals surface area (Å²) in [7, 11) is -0.0698. The van der Waals surface area contributed by atoms with Gasteiger partial charge in [-0.2, -0.15) is 0 Å². The molecule has 0 amide bonds. The fourth-order valence-electron chi connectivity index (χ4n) is 2.35. The van der Waals surface area contributed by atoms with Crippen molar-refractivity contribution in [3.8, 4) is 11.5 Å². The van der Waals surface area contributed by atoms with Crippen molar-refractivity contribution in [3.05, 3.63) is 48.0 Å². The van der Waals surface area contributed by atoms with E-state index in [4.69, 9.17) is 4.74 Å². The fourth-order valence-corrected chi connectivity index (χ4v) is 2.95. The molecule has 0 saturated carbocycles. The first-order chi connectivity index (χ1) is 10.4. The molecule has 0 bridgehead atoms. The normalized spacial score (nSPS) is 12.4. The molecule has 0 spiro atoms. The molecule has 1 atom stereocenters. The summed E-state index contributed by atoms with van der Waals surface area (Å²) in [5.74, 6) is 3.00. The molecule has 0 N–H and O–H groups in total. The van der Waals surface area contributed by atoms with Gasteiger partial charge in [0.05, 0.1) is 19.4 Å². The maximum Gasteiger partial charge on any atom is 0.307 e. The van der Waals surface area contributed by atoms with Crippen LogP contribution in [-0.2, 0) is 9.53 Å². The van der Waals surface area contributed by atoms with Gasteiger partial charge in [-0.3, -0.25) is 4.79 Å². The van der Waals surface area contributed by atoms with Crippen molar-refractivity contribution in [2.75, 3.05) is 7.11 Å². The Labute approximate surface area is 133 Å². The average Bonchev–Trinajstić information content (AvgIpc) is 2.49. The Balaban J connectivity index is 2.50. The van der Waals surface area contributed by atoms with E-state index in [1.54, 1.807) is 0 Å². The van der Waals surface area contributed by atoms with Gasteiger partial charge in [-0.15, -0.1) is 11.5 Å². The third-order valence-corrected chi connectivity index (χ3v) is 4.31. The van der Waals surface area contributed by atoms with Crippen LogP contribution < -0.4 is 0 Å². The molecule has 0 radical (unpaired) electrons. The minimum atomic E-state index is -1.49. The van der Waals surface area contributed by atoms with Crippen LogP contribution in [0.2, 0.25) is 19.6 Å². The van der Waals surface area contributed by atoms with E-state index >= 15 is 0 Å². The molecule has 114 valence electrons. The lowest BCUT2D eigenvalue weighted by atomic mass is 9.92. The van der Waals surface area contributed by atoms with Gasteiger partial charge in [0.1, 0.15) is 8.07 Å². The maximum absolute atomic E-state index is 11.8. The van der Waals surface area contributed by atoms with Gasteiger partial charge < -0.3 is 4.74 Å². The summed E-state index contributed by atoms with van der Waals surface area (Å²) in [5, 5.41) is 2.33. The molecule has 0 fully saturated rings. The number of rotatable bonds is 3. The van der Waals surface area contributed by atoms with E-state index in [0.29, 0.717) is 6.42 Å². The van der Waals surface area contributed by atoms with Crippen LogP contribution in [-0.4, -0.2) is 21.2 Å². The standard InChI is InChI=1S/C19H22O2Si/c1-21-19(20)14-16(12-13-22(2,3)4)18-11-7-9-15-8-5-6-10-17(15)18/h5-11,16H,14H2,1-4H3. The van der Waals surface area contributed by atoms with E-state index in [-0.39, 0.29) is 11.9 Å². The zero-order valence-corrected chi connectivity index (χ0v) is 14.6. The number of hydrogen-bond donors (Lipinski definition) is 0. The number of carbonyl (C=O) groups is 1. The van der Waals surface area contributed by atoms with Gasteiger partial charge in [0.15, 0.2) is 0 Å². The number of carbonyl (C=O) groups excluding carboxylic acids is 1. The SMILES string of the molecule is COC(=O)CC(C#C[Si](C)(C)C)c1cccc2ccccc12. The molecule has 0 saturated heterocycles. The lowest BCUT2D eigenvalue weighted by molar-refractivity contribution is -0.140. The second kappa shape index (κ2) is 6.80. The molecule has 2 aromatic rings. The molecule has 2 rings (SSSR count). The molecule has 0 aliphatic rings. The highest BCUT2D eigenvalue weighted by molar-refractivity contribution is 6.83. The van der Waals surface area contributed by atoms with Gasteiger partial charge >= 0.3 is 5.97 Å². The highest BCUT2D eigenvalue weighted by atomic mass is 28.3. The Bertz CT molecular complexity index is 727. The predicted octanol–water partition coefficient (Wildman–Crippen LogP) is 4.37. The second-order valence-corrected chi connectivity index (χ2v) is 11.2. The van der Waals surface area contributed by atoms with E-state index < -0.39 is 8.07 Å². The quantitative estimate of drug-likeness (QED) is 0.478. The minimum Gasteiger partial charge on any atom is -0.469 e. The van der Waals surface area contributed by atoms with Gasteiger partial charge in [-0.25, -0.2) is 0 Å². The molecule has 2 aromatic carbocycles. The van der Waals surface area contributed by atoms with Crippen LogP contribution in [0.15, 0.2) is 42.5 Å². The number of ether oxygens (including phenoxy) is 1. The number of methoxy groups -OCH3 is 1. The summed E-state index contributed by atoms with van der Waals surface area (Å²) < 4.78 is 4.85. The maximum atomic E-state index is 11.8. The number of benzene rings is 2. The van der Waals surface area contributed by atoms with Crippen molar-refractivity contribution in [1.82, 2.24) is 0 Å². The predicted molar refractivity (Wildman–Crippen MR) is 94.4 cm³/mol. The van der Waals surface area contributed by atoms with E-state index in [1.165, 1.54) is 12.5 Å². The highest BCUT2D eigenvalue weighted by Gasteiger charge is 2.18. The molecule has 1 unspecified atom stereocenters. The fraction of sp³-hybridized carbons (Fsp3) is 0.316. The van der Waals surface area contributed by atoms with Gasteiger partial charge in [-0.1, -0.05) is 62.1 Å². The van der Waals surface area contributed by atoms with Gasteiger partial charge in [0.2, 0.25) is 0 Å². The zero-order chi connectivity index (χ0) is 16.2. The van der Waals surface area contributed by atoms with Gasteiger partial charge in [-0.05, 0) is 16.3 Å². The summed E-state index contributed by atoms with van der Waals surface area (Å²) >= 11 is 0. The molecule has 0 aliphatic heterocycles. The van der Waals surface area contributed by atoms with E-state index in [2.05, 4.69) is 55.4 Å². The van der Waals surface area contributed by atoms with Crippen molar-refractivity contribution in [1.29, 1.82) is 0 Å². The van der Waals surface area contributed by atoms with Crippen molar-refractivity contribution >= 4 is 24.8 Å². The summed E-state index contributed by atoms with van der Waals surface area (Å²) in [4.78, 5) is 11.8. The van der Waals surface area contributed by atoms with E-state index in [0.717, 1.165) is 10.9 Å². The summed E-state index contributed by atoms with van der Waals surface area (Å²) in [6, 6.07) is 14.4. The zero-order valence-electron chi connectivity index (χ0n) is 13.6. The van der Waals surface area contributed by atoms with Crippen LogP contribution >= 0.6 is 0 Å². The average molecular weight is 310 g/mol. The van der Waals surface area contributed by atoms with Crippen LogP contribution in [0.5, 0.6) is 0 Å². The smallest absolute Gasteiger partial charge is 0.307 e. The van der Waals surface area contributed by atoms with Crippen LogP contribution in [0.4, 0.5) is 0 Å². The van der Waals surface area contributed by atoms with Crippen LogP contribution in [0.25, 0.3) is 10.8 Å². The Hall–Kier alpha value is -2.05. The Morgan fingerprint density at radius 2 is 1.82 bits per heavy atom. The molecule has 0 aliphatic carbocycles. The Morgan fingerprint density at radius 3 is 2.50 bits per heavy atom. The number of esters is 1. The van der Waals surface area contributed by atoms with Crippen LogP contribution in [0, 0.1) is 11.5 Å². The van der Waals surface area contributed by atoms with E-state index in [9.17, 15) is 4.79 Å². The third-order valence-electron chi connectivity index (χ3n) is 3.42. The lowest BCUT2D eigenvalue weighted by Gasteiger charge is -2.14. The van der Waals surface area contributed by atoms with Crippen molar-refractivity contribution in [2.24, 2.45) is 0 Å². The van der Waals surface area contributed by atoms with Gasteiger partial charge in [0, 0.05) is 0 Å². The van der Waals surface area contributed by atoms with Gasteiger partial charge in [0.25, 0.3) is 0 Å². The first-order valence-electron chi connectivity index (χ1n) is 7.48. The number of fused-ring (bicyclic) bond motifs is 1. The molecule has 2 nitrogen and oxygen atoms in total. The summed E-state index contributed by atoms with van der Waals surface area (Å²) in [5.41, 5.74) is 4.50. The van der Waals surface area contributed by atoms with Crippen molar-refractivity contribution < 1.29 is 9.53 Å². The monoisotopic (exact) mass is 310 g/mol. The number of hydrogen-bond acceptors (Lipinski definition) is 2. The highest BCUT2D eigenvalue weighted by Crippen LogP contribution is 2.28. The molecule has 22 heavy (non-hydrogen) atoms. The summed E-state index contributed by atoms with van der Waals surface area (Å²) in [6.45, 7) is 6.62. The van der Waals surface area contributed by atoms with Crippen molar-refractivity contribution in [2.45, 2.75) is 32.0 Å². The molecular weight excluding hydrogens is 288 g/mol. The minimum absolute atomic E-state index is 0.120. The molecule has 3 heteroatoms. The summed E-state index contributed by atoms with van der Waals surface area (Å²) in [6.07, 6.45) is 0.294. The molecular formula is C19H22O2Si. The largest absolute Gasteiger partial charge is 0.469 e. The molecule has 0 aromatic heterocycles. The Kier molecular flexibility index (Phi) is 5.05.